The third-order valence-electron chi connectivity index (χ3n) is 2.79. The molecule has 0 aromatic carbocycles. The van der Waals surface area contributed by atoms with E-state index in [9.17, 15) is 0 Å². The molecule has 1 aliphatic carbocycles. The van der Waals surface area contributed by atoms with E-state index in [1.54, 1.807) is 6.20 Å². The molecule has 1 heterocycles. The molecule has 0 saturated heterocycles. The molecule has 13 heavy (non-hydrogen) atoms. The molecule has 2 rings (SSSR count). The maximum Gasteiger partial charge on any atom is 0.0712 e. The summed E-state index contributed by atoms with van der Waals surface area (Å²) in [5.41, 5.74) is 0.915. The van der Waals surface area contributed by atoms with Gasteiger partial charge >= 0.3 is 0 Å². The molecule has 1 fully saturated rings. The van der Waals surface area contributed by atoms with Gasteiger partial charge in [-0.3, -0.25) is 4.68 Å². The summed E-state index contributed by atoms with van der Waals surface area (Å²) in [5, 5.41) is 13.1. The highest BCUT2D eigenvalue weighted by Crippen LogP contribution is 2.25. The van der Waals surface area contributed by atoms with Gasteiger partial charge in [-0.1, -0.05) is 12.8 Å². The minimum absolute atomic E-state index is 0.102. The fourth-order valence-electron chi connectivity index (χ4n) is 2.05. The summed E-state index contributed by atoms with van der Waals surface area (Å²) in [6, 6.07) is 0. The van der Waals surface area contributed by atoms with Crippen molar-refractivity contribution in [1.82, 2.24) is 9.78 Å². The maximum absolute atomic E-state index is 8.86. The molecule has 1 saturated carbocycles. The van der Waals surface area contributed by atoms with Crippen molar-refractivity contribution in [3.63, 3.8) is 0 Å². The molecule has 3 heteroatoms. The Morgan fingerprint density at radius 1 is 1.46 bits per heavy atom. The van der Waals surface area contributed by atoms with Gasteiger partial charge in [0.05, 0.1) is 12.8 Å². The quantitative estimate of drug-likeness (QED) is 0.766. The van der Waals surface area contributed by atoms with Gasteiger partial charge in [-0.05, 0) is 18.8 Å². The van der Waals surface area contributed by atoms with Crippen molar-refractivity contribution in [2.24, 2.45) is 5.92 Å². The third kappa shape index (κ3) is 2.10. The third-order valence-corrected chi connectivity index (χ3v) is 2.79. The number of aromatic nitrogens is 2. The maximum atomic E-state index is 8.86. The van der Waals surface area contributed by atoms with Gasteiger partial charge in [-0.15, -0.1) is 0 Å². The molecular weight excluding hydrogens is 164 g/mol. The lowest BCUT2D eigenvalue weighted by molar-refractivity contribution is 0.281. The molecule has 0 aliphatic heterocycles. The summed E-state index contributed by atoms with van der Waals surface area (Å²) >= 11 is 0. The first kappa shape index (κ1) is 8.75. The molecule has 0 spiro atoms. The van der Waals surface area contributed by atoms with Crippen molar-refractivity contribution in [3.8, 4) is 0 Å². The van der Waals surface area contributed by atoms with Crippen LogP contribution in [-0.4, -0.2) is 14.9 Å². The van der Waals surface area contributed by atoms with Crippen molar-refractivity contribution in [2.45, 2.75) is 38.8 Å². The van der Waals surface area contributed by atoms with Crippen LogP contribution in [0.1, 0.15) is 31.2 Å². The summed E-state index contributed by atoms with van der Waals surface area (Å²) in [4.78, 5) is 0. The molecule has 3 nitrogen and oxygen atoms in total. The van der Waals surface area contributed by atoms with E-state index in [1.807, 2.05) is 10.9 Å². The number of rotatable bonds is 3. The van der Waals surface area contributed by atoms with E-state index in [4.69, 9.17) is 5.11 Å². The van der Waals surface area contributed by atoms with E-state index in [0.717, 1.165) is 18.0 Å². The van der Waals surface area contributed by atoms with Crippen LogP contribution < -0.4 is 0 Å². The molecule has 0 unspecified atom stereocenters. The number of nitrogens with zero attached hydrogens (tertiary/aromatic N) is 2. The van der Waals surface area contributed by atoms with E-state index < -0.39 is 0 Å². The average molecular weight is 180 g/mol. The molecule has 1 aliphatic rings. The molecule has 0 bridgehead atoms. The Morgan fingerprint density at radius 3 is 2.85 bits per heavy atom. The van der Waals surface area contributed by atoms with Crippen molar-refractivity contribution in [2.75, 3.05) is 0 Å². The summed E-state index contributed by atoms with van der Waals surface area (Å²) in [6.07, 6.45) is 9.12. The van der Waals surface area contributed by atoms with Crippen LogP contribution in [0, 0.1) is 5.92 Å². The zero-order valence-electron chi connectivity index (χ0n) is 7.82. The normalized spacial score (nSPS) is 18.2. The predicted molar refractivity (Wildman–Crippen MR) is 50.1 cm³/mol. The van der Waals surface area contributed by atoms with Gasteiger partial charge in [0.2, 0.25) is 0 Å². The van der Waals surface area contributed by atoms with Gasteiger partial charge in [0.25, 0.3) is 0 Å². The Labute approximate surface area is 78.4 Å². The highest BCUT2D eigenvalue weighted by Gasteiger charge is 2.15. The summed E-state index contributed by atoms with van der Waals surface area (Å²) in [5.74, 6) is 0.812. The number of hydrogen-bond acceptors (Lipinski definition) is 2. The summed E-state index contributed by atoms with van der Waals surface area (Å²) in [6.45, 7) is 1.13. The molecule has 0 atom stereocenters. The molecule has 1 aromatic heterocycles. The van der Waals surface area contributed by atoms with Crippen molar-refractivity contribution in [3.05, 3.63) is 18.0 Å². The Kier molecular flexibility index (Phi) is 2.64. The smallest absolute Gasteiger partial charge is 0.0712 e. The van der Waals surface area contributed by atoms with Crippen LogP contribution in [-0.2, 0) is 13.2 Å². The van der Waals surface area contributed by atoms with Crippen LogP contribution in [0.25, 0.3) is 0 Å². The predicted octanol–water partition coefficient (Wildman–Crippen LogP) is 1.57. The Balaban J connectivity index is 1.92. The minimum Gasteiger partial charge on any atom is -0.392 e. The monoisotopic (exact) mass is 180 g/mol. The highest BCUT2D eigenvalue weighted by molar-refractivity contribution is 5.01. The Bertz CT molecular complexity index is 264. The SMILES string of the molecule is OCc1cnn(CC2CCCC2)c1. The van der Waals surface area contributed by atoms with E-state index >= 15 is 0 Å². The fraction of sp³-hybridized carbons (Fsp3) is 0.700. The van der Waals surface area contributed by atoms with E-state index in [2.05, 4.69) is 5.10 Å². The summed E-state index contributed by atoms with van der Waals surface area (Å²) in [7, 11) is 0. The minimum atomic E-state index is 0.102. The van der Waals surface area contributed by atoms with Crippen molar-refractivity contribution < 1.29 is 5.11 Å². The second-order valence-corrected chi connectivity index (χ2v) is 3.88. The first-order chi connectivity index (χ1) is 6.38. The largest absolute Gasteiger partial charge is 0.392 e. The molecular formula is C10H16N2O. The van der Waals surface area contributed by atoms with Crippen LogP contribution in [0.5, 0.6) is 0 Å². The zero-order valence-corrected chi connectivity index (χ0v) is 7.82. The first-order valence-electron chi connectivity index (χ1n) is 5.00. The molecule has 1 aromatic rings. The topological polar surface area (TPSA) is 38.1 Å². The van der Waals surface area contributed by atoms with Gasteiger partial charge in [0, 0.05) is 18.3 Å². The van der Waals surface area contributed by atoms with Crippen LogP contribution in [0.3, 0.4) is 0 Å². The van der Waals surface area contributed by atoms with Gasteiger partial charge in [-0.25, -0.2) is 0 Å². The molecule has 1 N–H and O–H groups in total. The second kappa shape index (κ2) is 3.92. The Hall–Kier alpha value is -0.830. The van der Waals surface area contributed by atoms with Crippen molar-refractivity contribution in [1.29, 1.82) is 0 Å². The standard InChI is InChI=1S/C10H16N2O/c13-8-10-5-11-12(7-10)6-9-3-1-2-4-9/h5,7,9,13H,1-4,6,8H2. The second-order valence-electron chi connectivity index (χ2n) is 3.88. The highest BCUT2D eigenvalue weighted by atomic mass is 16.3. The summed E-state index contributed by atoms with van der Waals surface area (Å²) < 4.78 is 1.96. The van der Waals surface area contributed by atoms with Gasteiger partial charge < -0.3 is 5.11 Å². The lowest BCUT2D eigenvalue weighted by atomic mass is 10.1. The lowest BCUT2D eigenvalue weighted by Gasteiger charge is -2.07. The first-order valence-corrected chi connectivity index (χ1v) is 5.00. The molecule has 72 valence electrons. The van der Waals surface area contributed by atoms with Crippen molar-refractivity contribution >= 4 is 0 Å². The van der Waals surface area contributed by atoms with Gasteiger partial charge in [-0.2, -0.15) is 5.10 Å². The molecule has 0 radical (unpaired) electrons. The van der Waals surface area contributed by atoms with Gasteiger partial charge in [0.1, 0.15) is 0 Å². The number of aliphatic hydroxyl groups excluding tert-OH is 1. The number of aliphatic hydroxyl groups is 1. The van der Waals surface area contributed by atoms with Crippen LogP contribution in [0.15, 0.2) is 12.4 Å². The van der Waals surface area contributed by atoms with Crippen LogP contribution in [0.2, 0.25) is 0 Å². The van der Waals surface area contributed by atoms with Gasteiger partial charge in [0.15, 0.2) is 0 Å². The fourth-order valence-corrected chi connectivity index (χ4v) is 2.05. The van der Waals surface area contributed by atoms with E-state index in [0.29, 0.717) is 0 Å². The van der Waals surface area contributed by atoms with Crippen LogP contribution in [0.4, 0.5) is 0 Å². The van der Waals surface area contributed by atoms with E-state index in [-0.39, 0.29) is 6.61 Å². The van der Waals surface area contributed by atoms with Crippen LogP contribution >= 0.6 is 0 Å². The average Bonchev–Trinajstić information content (AvgIpc) is 2.76. The lowest BCUT2D eigenvalue weighted by Crippen LogP contribution is -2.07. The molecule has 0 amide bonds. The Morgan fingerprint density at radius 2 is 2.23 bits per heavy atom. The number of hydrogen-bond donors (Lipinski definition) is 1. The zero-order chi connectivity index (χ0) is 9.10. The van der Waals surface area contributed by atoms with E-state index in [1.165, 1.54) is 25.7 Å².